The van der Waals surface area contributed by atoms with Crippen molar-refractivity contribution in [1.82, 2.24) is 0 Å². The molecular weight excluding hydrogens is 278 g/mol. The normalized spacial score (nSPS) is 12.2. The molecule has 0 aliphatic rings. The molecule has 0 bridgehead atoms. The van der Waals surface area contributed by atoms with E-state index in [1.54, 1.807) is 30.3 Å². The molecule has 0 fully saturated rings. The quantitative estimate of drug-likeness (QED) is 0.784. The van der Waals surface area contributed by atoms with E-state index in [2.05, 4.69) is 15.9 Å². The Morgan fingerprint density at radius 3 is 2.33 bits per heavy atom. The lowest BCUT2D eigenvalue weighted by Gasteiger charge is -1.96. The highest BCUT2D eigenvalue weighted by Crippen LogP contribution is 2.14. The molecule has 0 saturated heterocycles. The van der Waals surface area contributed by atoms with Gasteiger partial charge in [0.15, 0.2) is 9.84 Å². The second-order valence-electron chi connectivity index (χ2n) is 2.94. The second kappa shape index (κ2) is 4.60. The summed E-state index contributed by atoms with van der Waals surface area (Å²) in [6.07, 6.45) is 2.36. The number of hydrogen-bond acceptors (Lipinski definition) is 3. The van der Waals surface area contributed by atoms with E-state index in [-0.39, 0.29) is 4.91 Å². The van der Waals surface area contributed by atoms with Crippen LogP contribution in [0.2, 0.25) is 0 Å². The lowest BCUT2D eigenvalue weighted by Crippen LogP contribution is -1.98. The topological polar surface area (TPSA) is 57.9 Å². The summed E-state index contributed by atoms with van der Waals surface area (Å²) < 4.78 is 23.2. The highest BCUT2D eigenvalue weighted by atomic mass is 79.9. The van der Waals surface area contributed by atoms with Crippen LogP contribution in [0.3, 0.4) is 0 Å². The number of benzene rings is 1. The summed E-state index contributed by atoms with van der Waals surface area (Å²) in [6, 6.07) is 8.69. The minimum absolute atomic E-state index is 0.232. The number of nitrogens with zero attached hydrogens (tertiary/aromatic N) is 1. The molecule has 0 N–H and O–H groups in total. The van der Waals surface area contributed by atoms with Crippen molar-refractivity contribution in [2.24, 2.45) is 0 Å². The van der Waals surface area contributed by atoms with E-state index < -0.39 is 9.84 Å². The van der Waals surface area contributed by atoms with Crippen molar-refractivity contribution in [2.45, 2.75) is 0 Å². The monoisotopic (exact) mass is 285 g/mol. The average molecular weight is 286 g/mol. The van der Waals surface area contributed by atoms with Gasteiger partial charge < -0.3 is 0 Å². The lowest BCUT2D eigenvalue weighted by atomic mass is 10.2. The van der Waals surface area contributed by atoms with Gasteiger partial charge in [0.2, 0.25) is 0 Å². The van der Waals surface area contributed by atoms with Crippen molar-refractivity contribution in [3.05, 3.63) is 39.2 Å². The minimum Gasteiger partial charge on any atom is -0.223 e. The maximum absolute atomic E-state index is 11.1. The Morgan fingerprint density at radius 2 is 1.93 bits per heavy atom. The summed E-state index contributed by atoms with van der Waals surface area (Å²) in [4.78, 5) is -0.232. The molecule has 0 aliphatic heterocycles. The average Bonchev–Trinajstić information content (AvgIpc) is 2.15. The third-order valence-electron chi connectivity index (χ3n) is 1.68. The van der Waals surface area contributed by atoms with E-state index in [1.165, 1.54) is 6.08 Å². The predicted octanol–water partition coefficient (Wildman–Crippen LogP) is 2.36. The minimum atomic E-state index is -3.44. The molecule has 1 aromatic carbocycles. The van der Waals surface area contributed by atoms with Crippen LogP contribution in [-0.4, -0.2) is 14.7 Å². The molecule has 15 heavy (non-hydrogen) atoms. The SMILES string of the molecule is CS(=O)(=O)/C(C#N)=C/c1ccc(Br)cc1. The van der Waals surface area contributed by atoms with Gasteiger partial charge in [-0.15, -0.1) is 0 Å². The van der Waals surface area contributed by atoms with Crippen molar-refractivity contribution < 1.29 is 8.42 Å². The molecule has 5 heteroatoms. The molecule has 0 aromatic heterocycles. The summed E-state index contributed by atoms with van der Waals surface area (Å²) in [5, 5.41) is 8.67. The van der Waals surface area contributed by atoms with Crippen LogP contribution in [0.15, 0.2) is 33.6 Å². The van der Waals surface area contributed by atoms with Gasteiger partial charge in [0.05, 0.1) is 0 Å². The van der Waals surface area contributed by atoms with Crippen LogP contribution in [0.5, 0.6) is 0 Å². The Kier molecular flexibility index (Phi) is 3.66. The van der Waals surface area contributed by atoms with Crippen LogP contribution in [0, 0.1) is 11.3 Å². The Labute approximate surface area is 97.1 Å². The lowest BCUT2D eigenvalue weighted by molar-refractivity contribution is 0.609. The van der Waals surface area contributed by atoms with Gasteiger partial charge in [-0.1, -0.05) is 28.1 Å². The highest BCUT2D eigenvalue weighted by molar-refractivity contribution is 9.10. The fourth-order valence-corrected chi connectivity index (χ4v) is 1.71. The number of halogens is 1. The van der Waals surface area contributed by atoms with Gasteiger partial charge in [0, 0.05) is 10.7 Å². The van der Waals surface area contributed by atoms with Crippen LogP contribution < -0.4 is 0 Å². The number of allylic oxidation sites excluding steroid dienone is 1. The van der Waals surface area contributed by atoms with Crippen LogP contribution in [-0.2, 0) is 9.84 Å². The van der Waals surface area contributed by atoms with Gasteiger partial charge in [0.1, 0.15) is 11.0 Å². The van der Waals surface area contributed by atoms with Crippen molar-refractivity contribution in [3.63, 3.8) is 0 Å². The van der Waals surface area contributed by atoms with Crippen molar-refractivity contribution in [3.8, 4) is 6.07 Å². The Balaban J connectivity index is 3.17. The van der Waals surface area contributed by atoms with E-state index in [0.29, 0.717) is 5.56 Å². The van der Waals surface area contributed by atoms with Crippen LogP contribution in [0.1, 0.15) is 5.56 Å². The molecule has 1 aromatic rings. The Hall–Kier alpha value is -1.12. The summed E-state index contributed by atoms with van der Waals surface area (Å²) in [5.74, 6) is 0. The Morgan fingerprint density at radius 1 is 1.40 bits per heavy atom. The molecule has 0 amide bonds. The zero-order chi connectivity index (χ0) is 11.5. The third kappa shape index (κ3) is 3.50. The number of hydrogen-bond donors (Lipinski definition) is 0. The predicted molar refractivity (Wildman–Crippen MR) is 62.6 cm³/mol. The highest BCUT2D eigenvalue weighted by Gasteiger charge is 2.09. The van der Waals surface area contributed by atoms with E-state index in [1.807, 2.05) is 0 Å². The van der Waals surface area contributed by atoms with Gasteiger partial charge in [-0.05, 0) is 23.8 Å². The van der Waals surface area contributed by atoms with Crippen molar-refractivity contribution in [1.29, 1.82) is 5.26 Å². The fourth-order valence-electron chi connectivity index (χ4n) is 0.933. The van der Waals surface area contributed by atoms with Crippen LogP contribution in [0.25, 0.3) is 6.08 Å². The van der Waals surface area contributed by atoms with Crippen LogP contribution in [0.4, 0.5) is 0 Å². The maximum Gasteiger partial charge on any atom is 0.185 e. The van der Waals surface area contributed by atoms with Gasteiger partial charge >= 0.3 is 0 Å². The summed E-state index contributed by atoms with van der Waals surface area (Å²) >= 11 is 3.26. The van der Waals surface area contributed by atoms with E-state index >= 15 is 0 Å². The van der Waals surface area contributed by atoms with Crippen LogP contribution >= 0.6 is 15.9 Å². The molecule has 0 unspecified atom stereocenters. The molecule has 0 saturated carbocycles. The van der Waals surface area contributed by atoms with E-state index in [0.717, 1.165) is 10.7 Å². The van der Waals surface area contributed by atoms with Gasteiger partial charge in [-0.3, -0.25) is 0 Å². The molecule has 0 radical (unpaired) electrons. The number of sulfone groups is 1. The number of nitriles is 1. The Bertz CT molecular complexity index is 524. The standard InChI is InChI=1S/C10H8BrNO2S/c1-15(13,14)10(7-12)6-8-2-4-9(11)5-3-8/h2-6H,1H3/b10-6+. The fraction of sp³-hybridized carbons (Fsp3) is 0.100. The van der Waals surface area contributed by atoms with Gasteiger partial charge in [-0.2, -0.15) is 5.26 Å². The smallest absolute Gasteiger partial charge is 0.185 e. The summed E-state index contributed by atoms with van der Waals surface area (Å²) in [6.45, 7) is 0. The number of rotatable bonds is 2. The van der Waals surface area contributed by atoms with Gasteiger partial charge in [0.25, 0.3) is 0 Å². The van der Waals surface area contributed by atoms with Gasteiger partial charge in [-0.25, -0.2) is 8.42 Å². The molecule has 0 spiro atoms. The molecular formula is C10H8BrNO2S. The molecule has 3 nitrogen and oxygen atoms in total. The molecule has 0 atom stereocenters. The first-order valence-corrected chi connectivity index (χ1v) is 6.69. The first-order valence-electron chi connectivity index (χ1n) is 4.01. The molecule has 78 valence electrons. The van der Waals surface area contributed by atoms with Crippen molar-refractivity contribution in [2.75, 3.05) is 6.26 Å². The molecule has 0 heterocycles. The third-order valence-corrected chi connectivity index (χ3v) is 3.21. The first kappa shape index (κ1) is 12.0. The maximum atomic E-state index is 11.1. The zero-order valence-electron chi connectivity index (χ0n) is 7.94. The first-order chi connectivity index (χ1) is 6.93. The largest absolute Gasteiger partial charge is 0.223 e. The van der Waals surface area contributed by atoms with E-state index in [9.17, 15) is 8.42 Å². The molecule has 0 aliphatic carbocycles. The second-order valence-corrected chi connectivity index (χ2v) is 5.84. The van der Waals surface area contributed by atoms with Crippen molar-refractivity contribution >= 4 is 31.8 Å². The summed E-state index contributed by atoms with van der Waals surface area (Å²) in [7, 11) is -3.44. The summed E-state index contributed by atoms with van der Waals surface area (Å²) in [5.41, 5.74) is 0.681. The van der Waals surface area contributed by atoms with E-state index in [4.69, 9.17) is 5.26 Å². The zero-order valence-corrected chi connectivity index (χ0v) is 10.3. The molecule has 1 rings (SSSR count).